The fourth-order valence-electron chi connectivity index (χ4n) is 6.06. The van der Waals surface area contributed by atoms with Crippen LogP contribution in [0.3, 0.4) is 0 Å². The molecule has 0 saturated heterocycles. The molecule has 0 radical (unpaired) electrons. The van der Waals surface area contributed by atoms with Gasteiger partial charge in [0.15, 0.2) is 0 Å². The van der Waals surface area contributed by atoms with Crippen LogP contribution in [0.5, 0.6) is 0 Å². The van der Waals surface area contributed by atoms with Crippen molar-refractivity contribution >= 4 is 17.5 Å². The number of hydrogen-bond donors (Lipinski definition) is 0. The highest BCUT2D eigenvalue weighted by Gasteiger charge is 2.65. The number of imidazole rings is 1. The van der Waals surface area contributed by atoms with Gasteiger partial charge in [0.2, 0.25) is 5.91 Å². The molecular weight excluding hydrogens is 320 g/mol. The van der Waals surface area contributed by atoms with Crippen LogP contribution in [-0.4, -0.2) is 15.5 Å². The first-order valence-electron chi connectivity index (χ1n) is 8.70. The molecule has 4 aliphatic carbocycles. The van der Waals surface area contributed by atoms with Gasteiger partial charge in [0.25, 0.3) is 0 Å². The summed E-state index contributed by atoms with van der Waals surface area (Å²) in [6.45, 7) is 0. The smallest absolute Gasteiger partial charge is 0.238 e. The molecule has 4 heteroatoms. The van der Waals surface area contributed by atoms with Gasteiger partial charge in [0, 0.05) is 18.0 Å². The van der Waals surface area contributed by atoms with E-state index < -0.39 is 0 Å². The molecule has 24 heavy (non-hydrogen) atoms. The molecule has 1 aromatic heterocycles. The van der Waals surface area contributed by atoms with Crippen molar-refractivity contribution < 1.29 is 4.79 Å². The highest BCUT2D eigenvalue weighted by atomic mass is 35.5. The first kappa shape index (κ1) is 14.5. The Kier molecular flexibility index (Phi) is 2.95. The van der Waals surface area contributed by atoms with Crippen molar-refractivity contribution in [1.82, 2.24) is 9.55 Å². The van der Waals surface area contributed by atoms with Gasteiger partial charge in [-0.3, -0.25) is 9.36 Å². The minimum Gasteiger partial charge on any atom is -0.276 e. The van der Waals surface area contributed by atoms with E-state index in [0.717, 1.165) is 25.7 Å². The zero-order chi connectivity index (χ0) is 16.4. The van der Waals surface area contributed by atoms with Gasteiger partial charge in [-0.15, -0.1) is 0 Å². The van der Waals surface area contributed by atoms with Crippen molar-refractivity contribution in [2.24, 2.45) is 16.7 Å². The SMILES string of the molecule is O=C(n1ccnc1)C12CC3CC(c4c#cc(Cl)cc4)CC(C3)(C1)C2. The molecule has 6 rings (SSSR count). The van der Waals surface area contributed by atoms with Gasteiger partial charge in [-0.2, -0.15) is 0 Å². The van der Waals surface area contributed by atoms with Crippen LogP contribution in [0.1, 0.15) is 54.8 Å². The number of aromatic nitrogens is 2. The molecule has 4 aliphatic rings. The van der Waals surface area contributed by atoms with Crippen LogP contribution in [0, 0.1) is 28.9 Å². The van der Waals surface area contributed by atoms with E-state index in [4.69, 9.17) is 11.6 Å². The molecule has 1 aromatic carbocycles. The molecule has 4 fully saturated rings. The standard InChI is InChI=1S/C20H19ClN2O/c21-17-3-1-15(2-4-17)16-7-14-8-19(10-16)11-20(9-14,12-19)18(24)23-6-5-22-13-23/h1,3,5-6,13-14,16H,7-12H2. The Morgan fingerprint density at radius 2 is 2.12 bits per heavy atom. The maximum absolute atomic E-state index is 12.9. The van der Waals surface area contributed by atoms with Gasteiger partial charge in [-0.25, -0.2) is 4.98 Å². The summed E-state index contributed by atoms with van der Waals surface area (Å²) in [6.07, 6.45) is 11.9. The van der Waals surface area contributed by atoms with Crippen molar-refractivity contribution in [3.63, 3.8) is 0 Å². The lowest BCUT2D eigenvalue weighted by atomic mass is 9.38. The monoisotopic (exact) mass is 338 g/mol. The van der Waals surface area contributed by atoms with Crippen molar-refractivity contribution in [1.29, 1.82) is 0 Å². The number of nitrogens with zero attached hydrogens (tertiary/aromatic N) is 2. The molecule has 122 valence electrons. The van der Waals surface area contributed by atoms with Crippen LogP contribution in [0.4, 0.5) is 0 Å². The Balaban J connectivity index is 1.39. The van der Waals surface area contributed by atoms with E-state index in [1.165, 1.54) is 18.4 Å². The lowest BCUT2D eigenvalue weighted by molar-refractivity contribution is -0.129. The fourth-order valence-corrected chi connectivity index (χ4v) is 6.17. The fraction of sp³-hybridized carbons (Fsp3) is 0.500. The van der Waals surface area contributed by atoms with Gasteiger partial charge < -0.3 is 0 Å². The van der Waals surface area contributed by atoms with E-state index in [1.807, 2.05) is 6.07 Å². The Morgan fingerprint density at radius 1 is 1.25 bits per heavy atom. The Hall–Kier alpha value is -1.79. The molecule has 3 nitrogen and oxygen atoms in total. The van der Waals surface area contributed by atoms with Crippen molar-refractivity contribution in [3.8, 4) is 0 Å². The third-order valence-corrected chi connectivity index (χ3v) is 6.71. The largest absolute Gasteiger partial charge is 0.276 e. The summed E-state index contributed by atoms with van der Waals surface area (Å²) in [5.74, 6) is 1.44. The van der Waals surface area contributed by atoms with Crippen LogP contribution in [0.25, 0.3) is 0 Å². The third kappa shape index (κ3) is 2.06. The number of hydrogen-bond acceptors (Lipinski definition) is 2. The van der Waals surface area contributed by atoms with Gasteiger partial charge in [0.1, 0.15) is 6.33 Å². The second-order valence-corrected chi connectivity index (χ2v) is 8.61. The number of carbonyl (C=O) groups excluding carboxylic acids is 1. The van der Waals surface area contributed by atoms with Gasteiger partial charge in [-0.1, -0.05) is 17.7 Å². The van der Waals surface area contributed by atoms with Crippen LogP contribution < -0.4 is 0 Å². The number of halogens is 1. The highest BCUT2D eigenvalue weighted by molar-refractivity contribution is 6.30. The van der Waals surface area contributed by atoms with Crippen molar-refractivity contribution in [2.45, 2.75) is 44.4 Å². The van der Waals surface area contributed by atoms with E-state index in [9.17, 15) is 4.79 Å². The highest BCUT2D eigenvalue weighted by Crippen LogP contribution is 2.71. The maximum Gasteiger partial charge on any atom is 0.238 e. The second kappa shape index (κ2) is 4.86. The van der Waals surface area contributed by atoms with Gasteiger partial charge in [0.05, 0.1) is 10.4 Å². The summed E-state index contributed by atoms with van der Waals surface area (Å²) in [5.41, 5.74) is 1.46. The molecule has 0 amide bonds. The Bertz CT molecular complexity index is 769. The van der Waals surface area contributed by atoms with E-state index >= 15 is 0 Å². The average molecular weight is 339 g/mol. The minimum absolute atomic E-state index is 0.135. The number of rotatable bonds is 2. The molecule has 3 bridgehead atoms. The van der Waals surface area contributed by atoms with Crippen LogP contribution in [-0.2, 0) is 0 Å². The van der Waals surface area contributed by atoms with E-state index in [-0.39, 0.29) is 11.3 Å². The zero-order valence-corrected chi connectivity index (χ0v) is 14.2. The Morgan fingerprint density at radius 3 is 2.79 bits per heavy atom. The van der Waals surface area contributed by atoms with Gasteiger partial charge in [-0.05, 0) is 74.0 Å². The predicted molar refractivity (Wildman–Crippen MR) is 90.8 cm³/mol. The van der Waals surface area contributed by atoms with Crippen LogP contribution in [0.2, 0.25) is 5.02 Å². The summed E-state index contributed by atoms with van der Waals surface area (Å²) < 4.78 is 1.69. The lowest BCUT2D eigenvalue weighted by Gasteiger charge is -2.65. The predicted octanol–water partition coefficient (Wildman–Crippen LogP) is 4.53. The Labute approximate surface area is 147 Å². The normalized spacial score (nSPS) is 36.5. The molecule has 1 spiro atoms. The molecule has 2 atom stereocenters. The van der Waals surface area contributed by atoms with E-state index in [0.29, 0.717) is 22.3 Å². The molecule has 2 unspecified atom stereocenters. The quantitative estimate of drug-likeness (QED) is 0.806. The van der Waals surface area contributed by atoms with Crippen LogP contribution >= 0.6 is 11.6 Å². The summed E-state index contributed by atoms with van der Waals surface area (Å²) in [4.78, 5) is 17.0. The van der Waals surface area contributed by atoms with E-state index in [1.54, 1.807) is 23.3 Å². The maximum atomic E-state index is 12.9. The van der Waals surface area contributed by atoms with Gasteiger partial charge >= 0.3 is 0 Å². The van der Waals surface area contributed by atoms with Crippen LogP contribution in [0.15, 0.2) is 30.9 Å². The van der Waals surface area contributed by atoms with Crippen molar-refractivity contribution in [2.75, 3.05) is 0 Å². The molecular formula is C20H19ClN2O. The molecule has 4 saturated carbocycles. The lowest BCUT2D eigenvalue weighted by Crippen LogP contribution is -2.60. The number of carbonyl (C=O) groups is 1. The topological polar surface area (TPSA) is 34.9 Å². The molecule has 2 aromatic rings. The summed E-state index contributed by atoms with van der Waals surface area (Å²) in [5, 5.41) is 0.626. The first-order valence-corrected chi connectivity index (χ1v) is 9.08. The molecule has 1 heterocycles. The first-order chi connectivity index (χ1) is 11.6. The molecule has 0 aliphatic heterocycles. The summed E-state index contributed by atoms with van der Waals surface area (Å²) >= 11 is 5.95. The summed E-state index contributed by atoms with van der Waals surface area (Å²) in [6, 6.07) is 10.3. The van der Waals surface area contributed by atoms with Crippen molar-refractivity contribution in [3.05, 3.63) is 53.6 Å². The second-order valence-electron chi connectivity index (χ2n) is 8.21. The minimum atomic E-state index is -0.135. The average Bonchev–Trinajstić information content (AvgIpc) is 3.07. The zero-order valence-electron chi connectivity index (χ0n) is 13.5. The third-order valence-electron chi connectivity index (χ3n) is 6.49. The van der Waals surface area contributed by atoms with E-state index in [2.05, 4.69) is 23.2 Å². The molecule has 0 N–H and O–H groups in total. The summed E-state index contributed by atoms with van der Waals surface area (Å²) in [7, 11) is 0.